The molecule has 190 valence electrons. The van der Waals surface area contributed by atoms with E-state index in [-0.39, 0.29) is 33.3 Å². The van der Waals surface area contributed by atoms with Gasteiger partial charge in [0.15, 0.2) is 0 Å². The molecule has 4 nitrogen and oxygen atoms in total. The average Bonchev–Trinajstić information content (AvgIpc) is 3.02. The van der Waals surface area contributed by atoms with Gasteiger partial charge >= 0.3 is 5.97 Å². The Balaban J connectivity index is 1.63. The average molecular weight is 471 g/mol. The summed E-state index contributed by atoms with van der Waals surface area (Å²) in [7, 11) is 0. The van der Waals surface area contributed by atoms with Crippen LogP contribution in [0.1, 0.15) is 93.4 Å². The largest absolute Gasteiger partial charge is 0.478 e. The van der Waals surface area contributed by atoms with Crippen molar-refractivity contribution >= 4 is 5.97 Å². The molecule has 0 bridgehead atoms. The van der Waals surface area contributed by atoms with E-state index in [0.29, 0.717) is 24.2 Å². The van der Waals surface area contributed by atoms with Gasteiger partial charge in [-0.2, -0.15) is 0 Å². The molecular weight excluding hydrogens is 424 g/mol. The molecule has 4 aliphatic carbocycles. The first-order valence-electron chi connectivity index (χ1n) is 13.4. The Bertz CT molecular complexity index is 941. The lowest BCUT2D eigenvalue weighted by Crippen LogP contribution is -2.54. The molecular formula is C30H46O4. The van der Waals surface area contributed by atoms with E-state index < -0.39 is 12.1 Å². The first-order valence-corrected chi connectivity index (χ1v) is 13.4. The molecule has 0 amide bonds. The Labute approximate surface area is 206 Å². The van der Waals surface area contributed by atoms with Gasteiger partial charge in [0.05, 0.1) is 12.2 Å². The zero-order chi connectivity index (χ0) is 25.3. The first kappa shape index (κ1) is 25.7. The Kier molecular flexibility index (Phi) is 6.30. The van der Waals surface area contributed by atoms with Crippen molar-refractivity contribution in [3.8, 4) is 0 Å². The molecule has 3 N–H and O–H groups in total. The van der Waals surface area contributed by atoms with Crippen molar-refractivity contribution in [2.75, 3.05) is 0 Å². The van der Waals surface area contributed by atoms with Crippen molar-refractivity contribution in [2.24, 2.45) is 39.4 Å². The molecule has 0 saturated heterocycles. The van der Waals surface area contributed by atoms with Crippen LogP contribution < -0.4 is 0 Å². The second-order valence-electron chi connectivity index (χ2n) is 13.4. The highest BCUT2D eigenvalue weighted by Gasteiger charge is 2.63. The van der Waals surface area contributed by atoms with Crippen LogP contribution in [0.25, 0.3) is 0 Å². The van der Waals surface area contributed by atoms with E-state index in [2.05, 4.69) is 53.7 Å². The number of fused-ring (bicyclic) bond motifs is 5. The Morgan fingerprint density at radius 2 is 1.79 bits per heavy atom. The summed E-state index contributed by atoms with van der Waals surface area (Å²) in [4.78, 5) is 11.2. The highest BCUT2D eigenvalue weighted by molar-refractivity contribution is 5.85. The number of hydrogen-bond donors (Lipinski definition) is 3. The molecule has 4 heteroatoms. The zero-order valence-electron chi connectivity index (χ0n) is 22.3. The molecule has 0 radical (unpaired) electrons. The number of carboxylic acids is 1. The first-order chi connectivity index (χ1) is 15.7. The van der Waals surface area contributed by atoms with Gasteiger partial charge in [-0.25, -0.2) is 4.79 Å². The van der Waals surface area contributed by atoms with E-state index >= 15 is 0 Å². The third-order valence-electron chi connectivity index (χ3n) is 11.4. The number of aliphatic carboxylic acids is 1. The fourth-order valence-corrected chi connectivity index (χ4v) is 8.92. The SMILES string of the molecule is C/C(=C/C(O)C[C@@H](C)[C@H]1CC[C@@]2(C)C3=CC[C@H]4C(C)(C)C(O)CC[C@]4(C)C3=CC[C@]12C)C(=O)O. The summed E-state index contributed by atoms with van der Waals surface area (Å²) in [5.74, 6) is 0.291. The van der Waals surface area contributed by atoms with Crippen LogP contribution in [0.5, 0.6) is 0 Å². The zero-order valence-corrected chi connectivity index (χ0v) is 22.3. The van der Waals surface area contributed by atoms with Gasteiger partial charge in [0.1, 0.15) is 0 Å². The maximum atomic E-state index is 11.2. The van der Waals surface area contributed by atoms with Crippen molar-refractivity contribution in [1.82, 2.24) is 0 Å². The fraction of sp³-hybridized carbons (Fsp3) is 0.767. The summed E-state index contributed by atoms with van der Waals surface area (Å²) >= 11 is 0. The van der Waals surface area contributed by atoms with Crippen molar-refractivity contribution < 1.29 is 20.1 Å². The van der Waals surface area contributed by atoms with E-state index in [1.54, 1.807) is 18.1 Å². The number of carboxylic acid groups (broad SMARTS) is 1. The normalized spacial score (nSPS) is 43.1. The fourth-order valence-electron chi connectivity index (χ4n) is 8.92. The van der Waals surface area contributed by atoms with Crippen LogP contribution in [0, 0.1) is 39.4 Å². The molecule has 4 rings (SSSR count). The second-order valence-corrected chi connectivity index (χ2v) is 13.4. The van der Waals surface area contributed by atoms with Gasteiger partial charge < -0.3 is 15.3 Å². The minimum Gasteiger partial charge on any atom is -0.478 e. The predicted molar refractivity (Wildman–Crippen MR) is 136 cm³/mol. The third kappa shape index (κ3) is 3.58. The van der Waals surface area contributed by atoms with Crippen LogP contribution in [-0.2, 0) is 4.79 Å². The van der Waals surface area contributed by atoms with Crippen LogP contribution in [0.3, 0.4) is 0 Å². The van der Waals surface area contributed by atoms with Gasteiger partial charge in [0, 0.05) is 5.57 Å². The van der Waals surface area contributed by atoms with E-state index in [4.69, 9.17) is 5.11 Å². The standard InChI is InChI=1S/C30H46O4/c1-18(16-20(31)17-19(2)26(33)34)21-10-14-30(7)23-8-9-24-27(3,4)25(32)12-13-28(24,5)22(23)11-15-29(21,30)6/h8,11,17-18,20-21,24-25,31-32H,9-10,12-16H2,1-7H3,(H,33,34)/b19-17-/t18-,20?,21-,24+,25?,28-,29-,30+/m1/s1. The number of aliphatic hydroxyl groups excluding tert-OH is 2. The summed E-state index contributed by atoms with van der Waals surface area (Å²) in [6.45, 7) is 15.7. The van der Waals surface area contributed by atoms with Crippen molar-refractivity contribution in [1.29, 1.82) is 0 Å². The minimum absolute atomic E-state index is 0.0814. The summed E-state index contributed by atoms with van der Waals surface area (Å²) in [5, 5.41) is 30.5. The molecule has 2 saturated carbocycles. The smallest absolute Gasteiger partial charge is 0.331 e. The van der Waals surface area contributed by atoms with Crippen LogP contribution in [0.4, 0.5) is 0 Å². The second kappa shape index (κ2) is 8.34. The lowest BCUT2D eigenvalue weighted by Gasteiger charge is -2.61. The number of hydrogen-bond acceptors (Lipinski definition) is 3. The maximum absolute atomic E-state index is 11.2. The summed E-state index contributed by atoms with van der Waals surface area (Å²) in [6, 6.07) is 0. The molecule has 0 heterocycles. The number of aliphatic hydroxyl groups is 2. The van der Waals surface area contributed by atoms with E-state index in [9.17, 15) is 15.0 Å². The summed E-state index contributed by atoms with van der Waals surface area (Å²) in [5.41, 5.74) is 3.60. The van der Waals surface area contributed by atoms with Gasteiger partial charge in [-0.1, -0.05) is 53.7 Å². The quantitative estimate of drug-likeness (QED) is 0.413. The molecule has 2 fully saturated rings. The molecule has 0 aromatic rings. The van der Waals surface area contributed by atoms with Gasteiger partial charge in [-0.05, 0) is 109 Å². The summed E-state index contributed by atoms with van der Waals surface area (Å²) in [6.07, 6.45) is 12.5. The molecule has 34 heavy (non-hydrogen) atoms. The Hall–Kier alpha value is -1.39. The molecule has 2 unspecified atom stereocenters. The number of allylic oxidation sites excluding steroid dienone is 4. The van der Waals surface area contributed by atoms with Crippen LogP contribution in [-0.4, -0.2) is 33.5 Å². The Morgan fingerprint density at radius 1 is 1.12 bits per heavy atom. The van der Waals surface area contributed by atoms with Crippen LogP contribution >= 0.6 is 0 Å². The Morgan fingerprint density at radius 3 is 2.44 bits per heavy atom. The molecule has 8 atom stereocenters. The predicted octanol–water partition coefficient (Wildman–Crippen LogP) is 6.29. The van der Waals surface area contributed by atoms with E-state index in [1.165, 1.54) is 6.08 Å². The van der Waals surface area contributed by atoms with Crippen molar-refractivity contribution in [3.05, 3.63) is 34.9 Å². The highest BCUT2D eigenvalue weighted by atomic mass is 16.4. The molecule has 0 spiro atoms. The maximum Gasteiger partial charge on any atom is 0.331 e. The topological polar surface area (TPSA) is 77.8 Å². The minimum atomic E-state index is -0.966. The highest BCUT2D eigenvalue weighted by Crippen LogP contribution is 2.71. The van der Waals surface area contributed by atoms with Crippen molar-refractivity contribution in [2.45, 2.75) is 106 Å². The molecule has 0 aliphatic heterocycles. The third-order valence-corrected chi connectivity index (χ3v) is 11.4. The van der Waals surface area contributed by atoms with Crippen molar-refractivity contribution in [3.63, 3.8) is 0 Å². The number of rotatable bonds is 5. The van der Waals surface area contributed by atoms with Gasteiger partial charge in [-0.3, -0.25) is 0 Å². The molecule has 0 aromatic heterocycles. The van der Waals surface area contributed by atoms with Gasteiger partial charge in [0.25, 0.3) is 0 Å². The van der Waals surface area contributed by atoms with Crippen LogP contribution in [0.2, 0.25) is 0 Å². The summed E-state index contributed by atoms with van der Waals surface area (Å²) < 4.78 is 0. The monoisotopic (exact) mass is 470 g/mol. The van der Waals surface area contributed by atoms with Gasteiger partial charge in [0.2, 0.25) is 0 Å². The lowest BCUT2D eigenvalue weighted by atomic mass is 9.44. The molecule has 0 aromatic carbocycles. The molecule has 4 aliphatic rings. The lowest BCUT2D eigenvalue weighted by molar-refractivity contribution is -0.132. The van der Waals surface area contributed by atoms with E-state index in [1.807, 2.05) is 0 Å². The van der Waals surface area contributed by atoms with Gasteiger partial charge in [-0.15, -0.1) is 0 Å². The number of carbonyl (C=O) groups is 1. The van der Waals surface area contributed by atoms with Crippen LogP contribution in [0.15, 0.2) is 34.9 Å². The van der Waals surface area contributed by atoms with E-state index in [0.717, 1.165) is 38.5 Å².